The second-order valence-corrected chi connectivity index (χ2v) is 5.70. The molecule has 2 aliphatic rings. The molecule has 0 spiro atoms. The Morgan fingerprint density at radius 1 is 1.35 bits per heavy atom. The fraction of sp³-hybridized carbons (Fsp3) is 0.923. The van der Waals surface area contributed by atoms with E-state index >= 15 is 0 Å². The smallest absolute Gasteiger partial charge is 0.227 e. The number of piperazine rings is 1. The molecule has 2 saturated heterocycles. The zero-order valence-electron chi connectivity index (χ0n) is 11.1. The Labute approximate surface area is 104 Å². The number of rotatable bonds is 3. The van der Waals surface area contributed by atoms with E-state index < -0.39 is 0 Å². The van der Waals surface area contributed by atoms with Crippen LogP contribution in [0.2, 0.25) is 0 Å². The van der Waals surface area contributed by atoms with Gasteiger partial charge in [0.15, 0.2) is 0 Å². The lowest BCUT2D eigenvalue weighted by atomic mass is 9.94. The fourth-order valence-electron chi connectivity index (χ4n) is 3.08. The van der Waals surface area contributed by atoms with Gasteiger partial charge in [0, 0.05) is 32.2 Å². The van der Waals surface area contributed by atoms with Gasteiger partial charge in [-0.3, -0.25) is 9.69 Å². The van der Waals surface area contributed by atoms with Crippen molar-refractivity contribution in [2.24, 2.45) is 17.6 Å². The number of fused-ring (bicyclic) bond motifs is 1. The van der Waals surface area contributed by atoms with Crippen LogP contribution < -0.4 is 5.73 Å². The van der Waals surface area contributed by atoms with Gasteiger partial charge in [0.25, 0.3) is 0 Å². The predicted molar refractivity (Wildman–Crippen MR) is 68.6 cm³/mol. The van der Waals surface area contributed by atoms with Crippen molar-refractivity contribution in [3.05, 3.63) is 0 Å². The minimum Gasteiger partial charge on any atom is -0.340 e. The van der Waals surface area contributed by atoms with Crippen LogP contribution in [0.15, 0.2) is 0 Å². The maximum Gasteiger partial charge on any atom is 0.227 e. The lowest BCUT2D eigenvalue weighted by molar-refractivity contribution is -0.139. The van der Waals surface area contributed by atoms with E-state index in [2.05, 4.69) is 18.7 Å². The summed E-state index contributed by atoms with van der Waals surface area (Å²) in [4.78, 5) is 17.0. The van der Waals surface area contributed by atoms with Gasteiger partial charge >= 0.3 is 0 Å². The molecule has 0 aromatic carbocycles. The molecular formula is C13H25N3O. The van der Waals surface area contributed by atoms with Gasteiger partial charge in [-0.25, -0.2) is 0 Å². The van der Waals surface area contributed by atoms with Gasteiger partial charge in [-0.1, -0.05) is 13.8 Å². The lowest BCUT2D eigenvalue weighted by Crippen LogP contribution is -2.54. The molecule has 2 rings (SSSR count). The molecule has 98 valence electrons. The Morgan fingerprint density at radius 2 is 2.12 bits per heavy atom. The van der Waals surface area contributed by atoms with Gasteiger partial charge in [-0.05, 0) is 25.3 Å². The quantitative estimate of drug-likeness (QED) is 0.781. The van der Waals surface area contributed by atoms with Crippen LogP contribution >= 0.6 is 0 Å². The highest BCUT2D eigenvalue weighted by Gasteiger charge is 2.34. The number of hydrogen-bond donors (Lipinski definition) is 1. The van der Waals surface area contributed by atoms with E-state index in [1.165, 1.54) is 19.4 Å². The van der Waals surface area contributed by atoms with Crippen LogP contribution in [0.5, 0.6) is 0 Å². The molecule has 0 radical (unpaired) electrons. The highest BCUT2D eigenvalue weighted by Crippen LogP contribution is 2.23. The summed E-state index contributed by atoms with van der Waals surface area (Å²) in [6.07, 6.45) is 2.54. The van der Waals surface area contributed by atoms with E-state index in [9.17, 15) is 4.79 Å². The van der Waals surface area contributed by atoms with E-state index in [0.29, 0.717) is 18.5 Å². The molecule has 2 heterocycles. The molecule has 1 amide bonds. The maximum absolute atomic E-state index is 12.4. The van der Waals surface area contributed by atoms with Gasteiger partial charge in [-0.2, -0.15) is 0 Å². The summed E-state index contributed by atoms with van der Waals surface area (Å²) < 4.78 is 0. The van der Waals surface area contributed by atoms with Crippen LogP contribution in [0.25, 0.3) is 0 Å². The maximum atomic E-state index is 12.4. The number of nitrogens with two attached hydrogens (primary N) is 1. The molecule has 17 heavy (non-hydrogen) atoms. The standard InChI is InChI=1S/C13H25N3O/c1-10(2)12(8-14)13(17)16-7-6-15-5-3-4-11(15)9-16/h10-12H,3-9,14H2,1-2H3. The number of amides is 1. The van der Waals surface area contributed by atoms with Crippen molar-refractivity contribution in [1.29, 1.82) is 0 Å². The fourth-order valence-corrected chi connectivity index (χ4v) is 3.08. The largest absolute Gasteiger partial charge is 0.340 e. The van der Waals surface area contributed by atoms with Crippen molar-refractivity contribution >= 4 is 5.91 Å². The topological polar surface area (TPSA) is 49.6 Å². The SMILES string of the molecule is CC(C)C(CN)C(=O)N1CCN2CCCC2C1. The number of carbonyl (C=O) groups excluding carboxylic acids is 1. The van der Waals surface area contributed by atoms with Crippen molar-refractivity contribution in [3.8, 4) is 0 Å². The first-order valence-electron chi connectivity index (χ1n) is 6.86. The molecule has 2 unspecified atom stereocenters. The predicted octanol–water partition coefficient (Wildman–Crippen LogP) is 0.524. The molecule has 4 nitrogen and oxygen atoms in total. The van der Waals surface area contributed by atoms with Crippen LogP contribution in [-0.2, 0) is 4.79 Å². The molecule has 0 bridgehead atoms. The monoisotopic (exact) mass is 239 g/mol. The van der Waals surface area contributed by atoms with Crippen LogP contribution in [0.1, 0.15) is 26.7 Å². The Kier molecular flexibility index (Phi) is 4.05. The van der Waals surface area contributed by atoms with Crippen molar-refractivity contribution < 1.29 is 4.79 Å². The van der Waals surface area contributed by atoms with Gasteiger partial charge in [0.1, 0.15) is 0 Å². The van der Waals surface area contributed by atoms with E-state index in [-0.39, 0.29) is 11.8 Å². The van der Waals surface area contributed by atoms with E-state index in [4.69, 9.17) is 5.73 Å². The van der Waals surface area contributed by atoms with E-state index in [0.717, 1.165) is 19.6 Å². The van der Waals surface area contributed by atoms with Gasteiger partial charge in [0.2, 0.25) is 5.91 Å². The molecule has 2 N–H and O–H groups in total. The zero-order valence-corrected chi connectivity index (χ0v) is 11.1. The van der Waals surface area contributed by atoms with Crippen molar-refractivity contribution in [3.63, 3.8) is 0 Å². The Bertz CT molecular complexity index is 280. The Morgan fingerprint density at radius 3 is 2.76 bits per heavy atom. The minimum absolute atomic E-state index is 0.00273. The van der Waals surface area contributed by atoms with Crippen LogP contribution in [0, 0.1) is 11.8 Å². The minimum atomic E-state index is 0.00273. The summed E-state index contributed by atoms with van der Waals surface area (Å²) in [5, 5.41) is 0. The second-order valence-electron chi connectivity index (χ2n) is 5.70. The highest BCUT2D eigenvalue weighted by atomic mass is 16.2. The summed E-state index contributed by atoms with van der Waals surface area (Å²) in [7, 11) is 0. The average Bonchev–Trinajstić information content (AvgIpc) is 2.75. The van der Waals surface area contributed by atoms with Gasteiger partial charge in [-0.15, -0.1) is 0 Å². The molecule has 0 aliphatic carbocycles. The third-order valence-electron chi connectivity index (χ3n) is 4.27. The Balaban J connectivity index is 1.96. The molecule has 0 aromatic heterocycles. The summed E-state index contributed by atoms with van der Waals surface area (Å²) in [5.41, 5.74) is 5.73. The first-order chi connectivity index (χ1) is 8.13. The third kappa shape index (κ3) is 2.63. The molecule has 2 fully saturated rings. The second kappa shape index (κ2) is 5.36. The van der Waals surface area contributed by atoms with Crippen molar-refractivity contribution in [2.45, 2.75) is 32.7 Å². The van der Waals surface area contributed by atoms with Crippen LogP contribution in [-0.4, -0.2) is 54.5 Å². The summed E-state index contributed by atoms with van der Waals surface area (Å²) in [6.45, 7) is 8.72. The first-order valence-corrected chi connectivity index (χ1v) is 6.86. The van der Waals surface area contributed by atoms with Crippen LogP contribution in [0.4, 0.5) is 0 Å². The third-order valence-corrected chi connectivity index (χ3v) is 4.27. The Hall–Kier alpha value is -0.610. The van der Waals surface area contributed by atoms with E-state index in [1.807, 2.05) is 4.90 Å². The number of hydrogen-bond acceptors (Lipinski definition) is 3. The first kappa shape index (κ1) is 12.8. The zero-order chi connectivity index (χ0) is 12.4. The number of carbonyl (C=O) groups is 1. The van der Waals surface area contributed by atoms with Crippen LogP contribution in [0.3, 0.4) is 0 Å². The van der Waals surface area contributed by atoms with Gasteiger partial charge in [0.05, 0.1) is 5.92 Å². The lowest BCUT2D eigenvalue weighted by Gasteiger charge is -2.39. The molecule has 0 aromatic rings. The van der Waals surface area contributed by atoms with Crippen molar-refractivity contribution in [2.75, 3.05) is 32.7 Å². The molecule has 4 heteroatoms. The number of nitrogens with zero attached hydrogens (tertiary/aromatic N) is 2. The molecule has 0 saturated carbocycles. The summed E-state index contributed by atoms with van der Waals surface area (Å²) in [5.74, 6) is 0.617. The summed E-state index contributed by atoms with van der Waals surface area (Å²) in [6, 6.07) is 0.610. The molecule has 2 aliphatic heterocycles. The van der Waals surface area contributed by atoms with Crippen molar-refractivity contribution in [1.82, 2.24) is 9.80 Å². The normalized spacial score (nSPS) is 27.3. The summed E-state index contributed by atoms with van der Waals surface area (Å²) >= 11 is 0. The molecular weight excluding hydrogens is 214 g/mol. The van der Waals surface area contributed by atoms with Gasteiger partial charge < -0.3 is 10.6 Å². The molecule has 2 atom stereocenters. The van der Waals surface area contributed by atoms with E-state index in [1.54, 1.807) is 0 Å². The average molecular weight is 239 g/mol. The highest BCUT2D eigenvalue weighted by molar-refractivity contribution is 5.79.